The maximum absolute atomic E-state index is 4.78. The molecule has 0 atom stereocenters. The molecule has 2 heterocycles. The molecule has 1 fully saturated rings. The zero-order chi connectivity index (χ0) is 15.6. The van der Waals surface area contributed by atoms with Gasteiger partial charge in [-0.25, -0.2) is 0 Å². The van der Waals surface area contributed by atoms with Crippen LogP contribution in [-0.4, -0.2) is 26.3 Å². The number of hydrogen-bond acceptors (Lipinski definition) is 4. The largest absolute Gasteiger partial charge is 0.212 e. The minimum absolute atomic E-state index is 0.761. The van der Waals surface area contributed by atoms with Crippen LogP contribution in [0.5, 0.6) is 0 Å². The lowest BCUT2D eigenvalue weighted by Crippen LogP contribution is -2.14. The van der Waals surface area contributed by atoms with Crippen LogP contribution < -0.4 is 0 Å². The van der Waals surface area contributed by atoms with Crippen LogP contribution >= 0.6 is 11.8 Å². The van der Waals surface area contributed by atoms with E-state index in [0.29, 0.717) is 0 Å². The molecule has 5 heteroatoms. The van der Waals surface area contributed by atoms with Crippen LogP contribution in [0.25, 0.3) is 0 Å². The number of benzene rings is 1. The van der Waals surface area contributed by atoms with Crippen LogP contribution in [-0.2, 0) is 6.42 Å². The molecule has 0 radical (unpaired) electrons. The third-order valence-electron chi connectivity index (χ3n) is 4.87. The molecule has 120 valence electrons. The van der Waals surface area contributed by atoms with Gasteiger partial charge in [0.05, 0.1) is 5.71 Å². The SMILES string of the molecule is CCc1nnc2n1N=C(c1ccc(C3CCCCC3)cc1)CS2. The van der Waals surface area contributed by atoms with E-state index in [1.165, 1.54) is 43.2 Å². The summed E-state index contributed by atoms with van der Waals surface area (Å²) in [5.74, 6) is 2.56. The van der Waals surface area contributed by atoms with E-state index in [9.17, 15) is 0 Å². The highest BCUT2D eigenvalue weighted by atomic mass is 32.2. The Kier molecular flexibility index (Phi) is 4.21. The number of nitrogens with zero attached hydrogens (tertiary/aromatic N) is 4. The van der Waals surface area contributed by atoms with Crippen LogP contribution in [0.15, 0.2) is 34.5 Å². The van der Waals surface area contributed by atoms with Crippen molar-refractivity contribution in [3.8, 4) is 0 Å². The van der Waals surface area contributed by atoms with E-state index >= 15 is 0 Å². The Hall–Kier alpha value is -1.62. The van der Waals surface area contributed by atoms with Gasteiger partial charge in [-0.2, -0.15) is 9.78 Å². The van der Waals surface area contributed by atoms with Crippen molar-refractivity contribution in [1.29, 1.82) is 0 Å². The summed E-state index contributed by atoms with van der Waals surface area (Å²) in [7, 11) is 0. The topological polar surface area (TPSA) is 43.1 Å². The zero-order valence-corrected chi connectivity index (χ0v) is 14.4. The molecule has 1 aliphatic carbocycles. The lowest BCUT2D eigenvalue weighted by Gasteiger charge is -2.22. The van der Waals surface area contributed by atoms with Gasteiger partial charge in [-0.15, -0.1) is 10.2 Å². The molecule has 23 heavy (non-hydrogen) atoms. The molecule has 0 N–H and O–H groups in total. The lowest BCUT2D eigenvalue weighted by atomic mass is 9.84. The van der Waals surface area contributed by atoms with Gasteiger partial charge in [0, 0.05) is 12.2 Å². The fraction of sp³-hybridized carbons (Fsp3) is 0.500. The first-order valence-electron chi connectivity index (χ1n) is 8.60. The van der Waals surface area contributed by atoms with Gasteiger partial charge >= 0.3 is 0 Å². The Bertz CT molecular complexity index is 711. The average Bonchev–Trinajstić information content (AvgIpc) is 3.05. The normalized spacial score (nSPS) is 18.6. The molecule has 0 unspecified atom stereocenters. The molecule has 4 rings (SSSR count). The molecule has 2 aliphatic rings. The number of hydrogen-bond donors (Lipinski definition) is 0. The minimum atomic E-state index is 0.761. The Labute approximate surface area is 141 Å². The standard InChI is InChI=1S/C18H22N4S/c1-2-17-19-20-18-22(17)21-16(12-23-18)15-10-8-14(9-11-15)13-6-4-3-5-7-13/h8-11,13H,2-7,12H2,1H3. The number of thioether (sulfide) groups is 1. The molecule has 0 saturated heterocycles. The van der Waals surface area contributed by atoms with Gasteiger partial charge in [0.1, 0.15) is 0 Å². The second-order valence-corrected chi connectivity index (χ2v) is 7.30. The Morgan fingerprint density at radius 2 is 1.87 bits per heavy atom. The van der Waals surface area contributed by atoms with Gasteiger partial charge in [-0.3, -0.25) is 0 Å². The molecule has 1 saturated carbocycles. The van der Waals surface area contributed by atoms with Crippen LogP contribution in [0, 0.1) is 0 Å². The molecule has 1 aliphatic heterocycles. The number of aromatic nitrogens is 3. The van der Waals surface area contributed by atoms with Gasteiger partial charge in [0.15, 0.2) is 5.82 Å². The van der Waals surface area contributed by atoms with Gasteiger partial charge in [0.2, 0.25) is 5.16 Å². The first-order chi connectivity index (χ1) is 11.3. The molecule has 0 amide bonds. The predicted octanol–water partition coefficient (Wildman–Crippen LogP) is 4.25. The lowest BCUT2D eigenvalue weighted by molar-refractivity contribution is 0.443. The van der Waals surface area contributed by atoms with E-state index < -0.39 is 0 Å². The molecular weight excluding hydrogens is 304 g/mol. The minimum Gasteiger partial charge on any atom is -0.191 e. The van der Waals surface area contributed by atoms with Crippen molar-refractivity contribution < 1.29 is 0 Å². The highest BCUT2D eigenvalue weighted by Gasteiger charge is 2.20. The summed E-state index contributed by atoms with van der Waals surface area (Å²) in [5, 5.41) is 14.1. The predicted molar refractivity (Wildman–Crippen MR) is 94.3 cm³/mol. The Morgan fingerprint density at radius 1 is 1.09 bits per heavy atom. The highest BCUT2D eigenvalue weighted by molar-refractivity contribution is 7.99. The molecule has 0 spiro atoms. The van der Waals surface area contributed by atoms with E-state index in [1.54, 1.807) is 11.8 Å². The van der Waals surface area contributed by atoms with E-state index in [1.807, 2.05) is 4.68 Å². The number of fused-ring (bicyclic) bond motifs is 1. The molecule has 1 aromatic carbocycles. The maximum Gasteiger partial charge on any atom is 0.212 e. The van der Waals surface area contributed by atoms with Crippen molar-refractivity contribution in [2.24, 2.45) is 5.10 Å². The highest BCUT2D eigenvalue weighted by Crippen LogP contribution is 2.33. The summed E-state index contributed by atoms with van der Waals surface area (Å²) in [4.78, 5) is 0. The molecule has 1 aromatic heterocycles. The van der Waals surface area contributed by atoms with Crippen LogP contribution in [0.1, 0.15) is 61.9 Å². The summed E-state index contributed by atoms with van der Waals surface area (Å²) in [5.41, 5.74) is 3.84. The molecule has 2 aromatic rings. The maximum atomic E-state index is 4.78. The van der Waals surface area contributed by atoms with Crippen LogP contribution in [0.2, 0.25) is 0 Å². The van der Waals surface area contributed by atoms with Crippen LogP contribution in [0.3, 0.4) is 0 Å². The quantitative estimate of drug-likeness (QED) is 0.847. The van der Waals surface area contributed by atoms with Crippen molar-refractivity contribution in [2.45, 2.75) is 56.5 Å². The second kappa shape index (κ2) is 6.48. The third kappa shape index (κ3) is 2.94. The van der Waals surface area contributed by atoms with Gasteiger partial charge in [-0.05, 0) is 29.9 Å². The summed E-state index contributed by atoms with van der Waals surface area (Å²) in [6, 6.07) is 9.09. The summed E-state index contributed by atoms with van der Waals surface area (Å²) in [6.07, 6.45) is 7.71. The first kappa shape index (κ1) is 14.9. The Balaban J connectivity index is 1.58. The third-order valence-corrected chi connectivity index (χ3v) is 5.80. The zero-order valence-electron chi connectivity index (χ0n) is 13.5. The monoisotopic (exact) mass is 326 g/mol. The average molecular weight is 326 g/mol. The summed E-state index contributed by atoms with van der Waals surface area (Å²) in [6.45, 7) is 2.09. The van der Waals surface area contributed by atoms with E-state index in [4.69, 9.17) is 5.10 Å². The van der Waals surface area contributed by atoms with Crippen molar-refractivity contribution in [3.63, 3.8) is 0 Å². The van der Waals surface area contributed by atoms with Gasteiger partial charge < -0.3 is 0 Å². The van der Waals surface area contributed by atoms with E-state index in [-0.39, 0.29) is 0 Å². The van der Waals surface area contributed by atoms with E-state index in [0.717, 1.165) is 34.8 Å². The molecular formula is C18H22N4S. The smallest absolute Gasteiger partial charge is 0.191 e. The Morgan fingerprint density at radius 3 is 2.61 bits per heavy atom. The van der Waals surface area contributed by atoms with Crippen molar-refractivity contribution in [2.75, 3.05) is 5.75 Å². The fourth-order valence-corrected chi connectivity index (χ4v) is 4.37. The molecule has 0 bridgehead atoms. The van der Waals surface area contributed by atoms with Gasteiger partial charge in [-0.1, -0.05) is 62.2 Å². The summed E-state index contributed by atoms with van der Waals surface area (Å²) >= 11 is 1.72. The van der Waals surface area contributed by atoms with Crippen LogP contribution in [0.4, 0.5) is 0 Å². The first-order valence-corrected chi connectivity index (χ1v) is 9.59. The molecule has 4 nitrogen and oxygen atoms in total. The number of rotatable bonds is 3. The fourth-order valence-electron chi connectivity index (χ4n) is 3.51. The van der Waals surface area contributed by atoms with Gasteiger partial charge in [0.25, 0.3) is 0 Å². The van der Waals surface area contributed by atoms with Crippen molar-refractivity contribution >= 4 is 17.5 Å². The second-order valence-electron chi connectivity index (χ2n) is 6.36. The van der Waals surface area contributed by atoms with E-state index in [2.05, 4.69) is 41.4 Å². The van der Waals surface area contributed by atoms with Crippen molar-refractivity contribution in [1.82, 2.24) is 14.9 Å². The number of aryl methyl sites for hydroxylation is 1. The summed E-state index contributed by atoms with van der Waals surface area (Å²) < 4.78 is 1.90. The van der Waals surface area contributed by atoms with Crippen molar-refractivity contribution in [3.05, 3.63) is 41.2 Å².